The molecule has 0 radical (unpaired) electrons. The summed E-state index contributed by atoms with van der Waals surface area (Å²) < 4.78 is 13.7. The Morgan fingerprint density at radius 2 is 1.35 bits per heavy atom. The molecule has 0 aliphatic heterocycles. The van der Waals surface area contributed by atoms with E-state index in [2.05, 4.69) is 72.8 Å². The van der Waals surface area contributed by atoms with E-state index in [1.165, 1.54) is 25.1 Å². The molecule has 0 saturated heterocycles. The van der Waals surface area contributed by atoms with Crippen LogP contribution in [0.1, 0.15) is 5.56 Å². The second-order valence-electron chi connectivity index (χ2n) is 6.16. The van der Waals surface area contributed by atoms with Crippen molar-refractivity contribution in [3.63, 3.8) is 0 Å². The summed E-state index contributed by atoms with van der Waals surface area (Å²) in [7, 11) is -0.0416. The fraction of sp³-hybridized carbons (Fsp3) is 0.0435. The molecule has 2 heterocycles. The van der Waals surface area contributed by atoms with Gasteiger partial charge in [0.1, 0.15) is 6.61 Å². The number of hydrogen-bond acceptors (Lipinski definition) is 2. The second kappa shape index (κ2) is 6.36. The van der Waals surface area contributed by atoms with Gasteiger partial charge in [0.15, 0.2) is 14.3 Å². The largest absolute Gasteiger partial charge is 0.460 e. The van der Waals surface area contributed by atoms with E-state index in [9.17, 15) is 0 Å². The standard InChI is InChI=1S/C23H17O2S/c1-3-8-21-19(6-1)20-7-2-4-9-22(20)26(21)18-13-11-17(12-14-18)16-25-23-10-5-15-24-23/h1-15H,16H2/q+1. The summed E-state index contributed by atoms with van der Waals surface area (Å²) in [5, 5.41) is 2.72. The van der Waals surface area contributed by atoms with Gasteiger partial charge >= 0.3 is 0 Å². The van der Waals surface area contributed by atoms with Crippen molar-refractivity contribution in [1.29, 1.82) is 0 Å². The number of benzene rings is 3. The van der Waals surface area contributed by atoms with Crippen LogP contribution in [-0.2, 0) is 6.61 Å². The fourth-order valence-corrected chi connectivity index (χ4v) is 5.71. The normalized spacial score (nSPS) is 11.2. The number of thiophene rings is 1. The highest BCUT2D eigenvalue weighted by Gasteiger charge is 2.22. The van der Waals surface area contributed by atoms with Crippen LogP contribution in [0.15, 0.2) is 95.6 Å². The van der Waals surface area contributed by atoms with Crippen LogP contribution < -0.4 is 4.74 Å². The third-order valence-corrected chi connectivity index (χ3v) is 6.87. The lowest BCUT2D eigenvalue weighted by molar-refractivity contribution is 0.232. The molecular formula is C23H17O2S+. The van der Waals surface area contributed by atoms with Gasteiger partial charge in [0.05, 0.1) is 6.26 Å². The summed E-state index contributed by atoms with van der Waals surface area (Å²) in [6.07, 6.45) is 1.62. The summed E-state index contributed by atoms with van der Waals surface area (Å²) in [4.78, 5) is 1.34. The third-order valence-electron chi connectivity index (χ3n) is 4.54. The van der Waals surface area contributed by atoms with Crippen LogP contribution in [0, 0.1) is 0 Å². The highest BCUT2D eigenvalue weighted by Crippen LogP contribution is 2.48. The van der Waals surface area contributed by atoms with Crippen molar-refractivity contribution >= 4 is 30.6 Å². The van der Waals surface area contributed by atoms with Gasteiger partial charge in [-0.05, 0) is 48.0 Å². The van der Waals surface area contributed by atoms with Gasteiger partial charge < -0.3 is 9.15 Å². The van der Waals surface area contributed by atoms with Crippen molar-refractivity contribution in [1.82, 2.24) is 0 Å². The van der Waals surface area contributed by atoms with E-state index in [4.69, 9.17) is 9.15 Å². The van der Waals surface area contributed by atoms with E-state index in [0.29, 0.717) is 12.6 Å². The minimum Gasteiger partial charge on any atom is -0.460 e. The molecule has 5 aromatic rings. The molecule has 26 heavy (non-hydrogen) atoms. The molecular weight excluding hydrogens is 340 g/mol. The first-order valence-corrected chi connectivity index (χ1v) is 9.80. The number of ether oxygens (including phenoxy) is 1. The molecule has 3 aromatic carbocycles. The average Bonchev–Trinajstić information content (AvgIpc) is 3.33. The summed E-state index contributed by atoms with van der Waals surface area (Å²) >= 11 is 0. The van der Waals surface area contributed by atoms with Gasteiger partial charge in [-0.1, -0.05) is 36.4 Å². The summed E-state index contributed by atoms with van der Waals surface area (Å²) in [6, 6.07) is 29.9. The van der Waals surface area contributed by atoms with Gasteiger partial charge in [-0.25, -0.2) is 0 Å². The minimum atomic E-state index is -0.0416. The first-order chi connectivity index (χ1) is 12.9. The Morgan fingerprint density at radius 1 is 0.692 bits per heavy atom. The van der Waals surface area contributed by atoms with Gasteiger partial charge in [0.2, 0.25) is 0 Å². The summed E-state index contributed by atoms with van der Waals surface area (Å²) in [5.74, 6) is 0.551. The Labute approximate surface area is 154 Å². The Morgan fingerprint density at radius 3 is 1.96 bits per heavy atom. The van der Waals surface area contributed by atoms with Crippen molar-refractivity contribution in [3.8, 4) is 10.8 Å². The molecule has 3 heteroatoms. The smallest absolute Gasteiger partial charge is 0.284 e. The van der Waals surface area contributed by atoms with E-state index in [0.717, 1.165) is 5.56 Å². The molecule has 0 spiro atoms. The number of rotatable bonds is 4. The number of fused-ring (bicyclic) bond motifs is 3. The van der Waals surface area contributed by atoms with Crippen molar-refractivity contribution in [3.05, 3.63) is 96.8 Å². The zero-order valence-corrected chi connectivity index (χ0v) is 14.9. The molecule has 2 nitrogen and oxygen atoms in total. The lowest BCUT2D eigenvalue weighted by Gasteiger charge is -2.02. The molecule has 0 aliphatic rings. The SMILES string of the molecule is c1coc(OCc2ccc(-[s+]3c4ccccc4c4ccccc43)cc2)c1. The van der Waals surface area contributed by atoms with Crippen LogP contribution in [-0.4, -0.2) is 0 Å². The predicted octanol–water partition coefficient (Wildman–Crippen LogP) is 6.90. The van der Waals surface area contributed by atoms with E-state index < -0.39 is 0 Å². The minimum absolute atomic E-state index is 0.0416. The van der Waals surface area contributed by atoms with Gasteiger partial charge in [-0.2, -0.15) is 0 Å². The van der Waals surface area contributed by atoms with Gasteiger partial charge in [-0.15, -0.1) is 0 Å². The lowest BCUT2D eigenvalue weighted by Crippen LogP contribution is -1.93. The predicted molar refractivity (Wildman–Crippen MR) is 108 cm³/mol. The Hall–Kier alpha value is -3.04. The fourth-order valence-electron chi connectivity index (χ4n) is 3.33. The Balaban J connectivity index is 1.55. The Bertz CT molecular complexity index is 1120. The first kappa shape index (κ1) is 15.2. The molecule has 0 bridgehead atoms. The molecule has 0 fully saturated rings. The number of furan rings is 1. The van der Waals surface area contributed by atoms with Crippen molar-refractivity contribution in [2.75, 3.05) is 0 Å². The van der Waals surface area contributed by atoms with E-state index in [1.807, 2.05) is 12.1 Å². The quantitative estimate of drug-likeness (QED) is 0.326. The zero-order chi connectivity index (χ0) is 17.3. The lowest BCUT2D eigenvalue weighted by atomic mass is 10.2. The molecule has 0 aliphatic carbocycles. The molecule has 0 N–H and O–H groups in total. The summed E-state index contributed by atoms with van der Waals surface area (Å²) in [5.41, 5.74) is 1.13. The van der Waals surface area contributed by atoms with Crippen molar-refractivity contribution in [2.24, 2.45) is 0 Å². The van der Waals surface area contributed by atoms with Crippen LogP contribution in [0.5, 0.6) is 5.95 Å². The van der Waals surface area contributed by atoms with Gasteiger partial charge in [-0.3, -0.25) is 0 Å². The average molecular weight is 357 g/mol. The topological polar surface area (TPSA) is 22.4 Å². The molecule has 126 valence electrons. The van der Waals surface area contributed by atoms with Crippen LogP contribution in [0.25, 0.3) is 25.1 Å². The molecule has 0 amide bonds. The maximum Gasteiger partial charge on any atom is 0.284 e. The zero-order valence-electron chi connectivity index (χ0n) is 14.1. The molecule has 5 rings (SSSR count). The van der Waals surface area contributed by atoms with E-state index in [1.54, 1.807) is 6.26 Å². The molecule has 2 aromatic heterocycles. The van der Waals surface area contributed by atoms with Crippen LogP contribution >= 0.6 is 10.5 Å². The summed E-state index contributed by atoms with van der Waals surface area (Å²) in [6.45, 7) is 0.509. The van der Waals surface area contributed by atoms with Crippen LogP contribution in [0.4, 0.5) is 0 Å². The first-order valence-electron chi connectivity index (χ1n) is 8.58. The second-order valence-corrected chi connectivity index (χ2v) is 8.13. The van der Waals surface area contributed by atoms with Crippen LogP contribution in [0.3, 0.4) is 0 Å². The van der Waals surface area contributed by atoms with E-state index >= 15 is 0 Å². The monoisotopic (exact) mass is 357 g/mol. The molecule has 0 atom stereocenters. The maximum absolute atomic E-state index is 5.65. The number of hydrogen-bond donors (Lipinski definition) is 0. The van der Waals surface area contributed by atoms with Crippen molar-refractivity contribution < 1.29 is 9.15 Å². The van der Waals surface area contributed by atoms with Crippen molar-refractivity contribution in [2.45, 2.75) is 6.61 Å². The van der Waals surface area contributed by atoms with E-state index in [-0.39, 0.29) is 10.5 Å². The van der Waals surface area contributed by atoms with Crippen LogP contribution in [0.2, 0.25) is 0 Å². The Kier molecular flexibility index (Phi) is 3.72. The molecule has 0 saturated carbocycles. The van der Waals surface area contributed by atoms with Gasteiger partial charge in [0, 0.05) is 27.3 Å². The third kappa shape index (κ3) is 2.57. The highest BCUT2D eigenvalue weighted by molar-refractivity contribution is 7.50. The highest BCUT2D eigenvalue weighted by atomic mass is 32.2. The maximum atomic E-state index is 5.65. The van der Waals surface area contributed by atoms with Gasteiger partial charge in [0.25, 0.3) is 5.95 Å². The molecule has 0 unspecified atom stereocenters.